The molecule has 0 saturated carbocycles. The minimum atomic E-state index is 0.202. The number of halogens is 1. The summed E-state index contributed by atoms with van der Waals surface area (Å²) in [5.41, 5.74) is 7.06. The van der Waals surface area contributed by atoms with Gasteiger partial charge in [0.1, 0.15) is 5.52 Å². The Labute approximate surface area is 94.0 Å². The Morgan fingerprint density at radius 3 is 2.73 bits per heavy atom. The second-order valence-corrected chi connectivity index (χ2v) is 4.16. The minimum Gasteiger partial charge on any atom is -0.424 e. The first-order valence-electron chi connectivity index (χ1n) is 4.49. The number of oxazole rings is 1. The van der Waals surface area contributed by atoms with Gasteiger partial charge in [0.25, 0.3) is 6.01 Å². The molecule has 1 aromatic heterocycles. The number of fused-ring (bicyclic) bond motifs is 3. The van der Waals surface area contributed by atoms with Crippen LogP contribution in [0.25, 0.3) is 21.9 Å². The van der Waals surface area contributed by atoms with Gasteiger partial charge in [-0.05, 0) is 11.5 Å². The van der Waals surface area contributed by atoms with E-state index in [1.165, 1.54) is 0 Å². The van der Waals surface area contributed by atoms with Gasteiger partial charge in [-0.1, -0.05) is 40.2 Å². The van der Waals surface area contributed by atoms with Gasteiger partial charge in [0.2, 0.25) is 0 Å². The second kappa shape index (κ2) is 2.97. The summed E-state index contributed by atoms with van der Waals surface area (Å²) in [6, 6.07) is 10.1. The van der Waals surface area contributed by atoms with E-state index in [9.17, 15) is 0 Å². The van der Waals surface area contributed by atoms with Crippen molar-refractivity contribution in [2.24, 2.45) is 0 Å². The number of aromatic nitrogens is 1. The average molecular weight is 263 g/mol. The predicted molar refractivity (Wildman–Crippen MR) is 63.6 cm³/mol. The van der Waals surface area contributed by atoms with Crippen molar-refractivity contribution in [1.82, 2.24) is 4.98 Å². The predicted octanol–water partition coefficient (Wildman–Crippen LogP) is 3.33. The van der Waals surface area contributed by atoms with Crippen LogP contribution in [-0.4, -0.2) is 4.98 Å². The lowest BCUT2D eigenvalue weighted by Gasteiger charge is -1.99. The molecule has 0 bridgehead atoms. The van der Waals surface area contributed by atoms with Crippen LogP contribution < -0.4 is 5.73 Å². The van der Waals surface area contributed by atoms with Gasteiger partial charge in [0.05, 0.1) is 0 Å². The summed E-state index contributed by atoms with van der Waals surface area (Å²) in [6.45, 7) is 0. The van der Waals surface area contributed by atoms with Gasteiger partial charge in [-0.15, -0.1) is 0 Å². The van der Waals surface area contributed by atoms with Gasteiger partial charge in [-0.2, -0.15) is 4.98 Å². The highest BCUT2D eigenvalue weighted by atomic mass is 79.9. The summed E-state index contributed by atoms with van der Waals surface area (Å²) in [6.07, 6.45) is 0. The van der Waals surface area contributed by atoms with Crippen LogP contribution in [0, 0.1) is 0 Å². The Morgan fingerprint density at radius 1 is 1.20 bits per heavy atom. The fourth-order valence-electron chi connectivity index (χ4n) is 1.73. The van der Waals surface area contributed by atoms with Crippen molar-refractivity contribution in [1.29, 1.82) is 0 Å². The summed E-state index contributed by atoms with van der Waals surface area (Å²) in [5, 5.41) is 2.15. The fraction of sp³-hybridized carbons (Fsp3) is 0. The molecule has 1 heterocycles. The maximum Gasteiger partial charge on any atom is 0.293 e. The van der Waals surface area contributed by atoms with Crippen LogP contribution in [0.3, 0.4) is 0 Å². The van der Waals surface area contributed by atoms with E-state index in [0.29, 0.717) is 5.58 Å². The summed E-state index contributed by atoms with van der Waals surface area (Å²) in [4.78, 5) is 4.17. The van der Waals surface area contributed by atoms with Crippen LogP contribution in [-0.2, 0) is 0 Å². The van der Waals surface area contributed by atoms with Crippen molar-refractivity contribution in [2.75, 3.05) is 5.73 Å². The molecule has 0 spiro atoms. The number of hydrogen-bond donors (Lipinski definition) is 1. The van der Waals surface area contributed by atoms with Crippen LogP contribution in [0.15, 0.2) is 39.2 Å². The van der Waals surface area contributed by atoms with Gasteiger partial charge in [0, 0.05) is 9.86 Å². The molecule has 74 valence electrons. The van der Waals surface area contributed by atoms with Crippen LogP contribution in [0.4, 0.5) is 6.01 Å². The highest BCUT2D eigenvalue weighted by molar-refractivity contribution is 9.10. The highest BCUT2D eigenvalue weighted by Crippen LogP contribution is 2.32. The number of nitrogens with zero attached hydrogens (tertiary/aromatic N) is 1. The molecule has 4 heteroatoms. The largest absolute Gasteiger partial charge is 0.424 e. The molecule has 0 aliphatic rings. The minimum absolute atomic E-state index is 0.202. The lowest BCUT2D eigenvalue weighted by atomic mass is 10.1. The van der Waals surface area contributed by atoms with Crippen LogP contribution in [0.1, 0.15) is 0 Å². The first-order valence-corrected chi connectivity index (χ1v) is 5.28. The molecule has 0 atom stereocenters. The zero-order valence-corrected chi connectivity index (χ0v) is 9.28. The van der Waals surface area contributed by atoms with Crippen LogP contribution in [0.2, 0.25) is 0 Å². The molecule has 15 heavy (non-hydrogen) atoms. The number of hydrogen-bond acceptors (Lipinski definition) is 3. The molecule has 0 saturated heterocycles. The molecular formula is C11H7BrN2O. The third kappa shape index (κ3) is 1.22. The Morgan fingerprint density at radius 2 is 1.93 bits per heavy atom. The van der Waals surface area contributed by atoms with Crippen molar-refractivity contribution < 1.29 is 4.42 Å². The molecule has 0 unspecified atom stereocenters. The van der Waals surface area contributed by atoms with Crippen molar-refractivity contribution in [3.8, 4) is 0 Å². The highest BCUT2D eigenvalue weighted by Gasteiger charge is 2.09. The number of nitrogen functional groups attached to an aromatic ring is 1. The Hall–Kier alpha value is -1.55. The van der Waals surface area contributed by atoms with Gasteiger partial charge >= 0.3 is 0 Å². The summed E-state index contributed by atoms with van der Waals surface area (Å²) < 4.78 is 6.28. The topological polar surface area (TPSA) is 52.0 Å². The first-order chi connectivity index (χ1) is 7.25. The van der Waals surface area contributed by atoms with Gasteiger partial charge in [-0.3, -0.25) is 0 Å². The first kappa shape index (κ1) is 8.73. The van der Waals surface area contributed by atoms with E-state index in [2.05, 4.69) is 20.9 Å². The molecule has 0 fully saturated rings. The van der Waals surface area contributed by atoms with Crippen LogP contribution in [0.5, 0.6) is 0 Å². The van der Waals surface area contributed by atoms with E-state index in [-0.39, 0.29) is 6.01 Å². The SMILES string of the molecule is Nc1nc2c(cc(Br)c3ccccc32)o1. The monoisotopic (exact) mass is 262 g/mol. The van der Waals surface area contributed by atoms with Crippen molar-refractivity contribution in [3.63, 3.8) is 0 Å². The molecule has 3 rings (SSSR count). The molecule has 2 aromatic carbocycles. The maximum atomic E-state index is 5.54. The Kier molecular flexibility index (Phi) is 1.73. The number of rotatable bonds is 0. The molecule has 3 nitrogen and oxygen atoms in total. The molecular weight excluding hydrogens is 256 g/mol. The van der Waals surface area contributed by atoms with Crippen molar-refractivity contribution in [2.45, 2.75) is 0 Å². The third-order valence-corrected chi connectivity index (χ3v) is 3.02. The molecule has 0 amide bonds. The lowest BCUT2D eigenvalue weighted by molar-refractivity contribution is 0.626. The maximum absolute atomic E-state index is 5.54. The number of nitrogens with two attached hydrogens (primary N) is 1. The summed E-state index contributed by atoms with van der Waals surface area (Å²) in [7, 11) is 0. The van der Waals surface area contributed by atoms with Crippen LogP contribution >= 0.6 is 15.9 Å². The standard InChI is InChI=1S/C11H7BrN2O/c12-8-5-9-10(14-11(13)15-9)7-4-2-1-3-6(7)8/h1-5H,(H2,13,14). The fourth-order valence-corrected chi connectivity index (χ4v) is 2.28. The zero-order chi connectivity index (χ0) is 10.4. The van der Waals surface area contributed by atoms with E-state index >= 15 is 0 Å². The molecule has 2 N–H and O–H groups in total. The molecule has 3 aromatic rings. The molecule has 0 radical (unpaired) electrons. The smallest absolute Gasteiger partial charge is 0.293 e. The van der Waals surface area contributed by atoms with Crippen molar-refractivity contribution >= 4 is 43.8 Å². The molecule has 0 aliphatic heterocycles. The summed E-state index contributed by atoms with van der Waals surface area (Å²) in [5.74, 6) is 0. The number of benzene rings is 2. The second-order valence-electron chi connectivity index (χ2n) is 3.30. The van der Waals surface area contributed by atoms with E-state index in [1.54, 1.807) is 0 Å². The summed E-state index contributed by atoms with van der Waals surface area (Å²) >= 11 is 3.50. The van der Waals surface area contributed by atoms with E-state index in [1.807, 2.05) is 30.3 Å². The van der Waals surface area contributed by atoms with Gasteiger partial charge < -0.3 is 10.2 Å². The van der Waals surface area contributed by atoms with Gasteiger partial charge in [0.15, 0.2) is 5.58 Å². The van der Waals surface area contributed by atoms with E-state index in [0.717, 1.165) is 20.8 Å². The van der Waals surface area contributed by atoms with E-state index < -0.39 is 0 Å². The molecule has 0 aliphatic carbocycles. The van der Waals surface area contributed by atoms with Crippen molar-refractivity contribution in [3.05, 3.63) is 34.8 Å². The Bertz CT molecular complexity index is 660. The zero-order valence-electron chi connectivity index (χ0n) is 7.70. The normalized spacial score (nSPS) is 11.3. The lowest BCUT2D eigenvalue weighted by Crippen LogP contribution is -1.81. The Balaban J connectivity index is 2.62. The van der Waals surface area contributed by atoms with Gasteiger partial charge in [-0.25, -0.2) is 0 Å². The average Bonchev–Trinajstić information content (AvgIpc) is 2.59. The third-order valence-electron chi connectivity index (χ3n) is 2.37. The van der Waals surface area contributed by atoms with E-state index in [4.69, 9.17) is 10.2 Å². The quantitative estimate of drug-likeness (QED) is 0.676. The number of anilines is 1.